The highest BCUT2D eigenvalue weighted by Gasteiger charge is 2.26. The second kappa shape index (κ2) is 8.78. The van der Waals surface area contributed by atoms with Crippen LogP contribution in [0.15, 0.2) is 30.6 Å². The number of rotatable bonds is 8. The Bertz CT molecular complexity index is 1140. The third kappa shape index (κ3) is 4.18. The summed E-state index contributed by atoms with van der Waals surface area (Å²) in [7, 11) is 2.76. The van der Waals surface area contributed by atoms with E-state index in [4.69, 9.17) is 21.1 Å². The Balaban J connectivity index is 2.07. The van der Waals surface area contributed by atoms with E-state index in [1.54, 1.807) is 12.1 Å². The molecule has 156 valence electrons. The van der Waals surface area contributed by atoms with Crippen molar-refractivity contribution in [1.82, 2.24) is 9.97 Å². The molecule has 3 rings (SSSR count). The summed E-state index contributed by atoms with van der Waals surface area (Å²) in [6.07, 6.45) is 0.758. The lowest BCUT2D eigenvalue weighted by molar-refractivity contribution is -0.385. The zero-order valence-corrected chi connectivity index (χ0v) is 16.8. The van der Waals surface area contributed by atoms with Crippen LogP contribution >= 0.6 is 11.6 Å². The highest BCUT2D eigenvalue weighted by Crippen LogP contribution is 2.38. The summed E-state index contributed by atoms with van der Waals surface area (Å²) in [5.41, 5.74) is 0.810. The van der Waals surface area contributed by atoms with Gasteiger partial charge in [0.15, 0.2) is 0 Å². The van der Waals surface area contributed by atoms with Crippen LogP contribution in [-0.2, 0) is 17.8 Å². The minimum absolute atomic E-state index is 0.104. The van der Waals surface area contributed by atoms with Crippen molar-refractivity contribution in [2.75, 3.05) is 19.5 Å². The zero-order valence-electron chi connectivity index (χ0n) is 16.0. The molecule has 0 amide bonds. The van der Waals surface area contributed by atoms with Crippen LogP contribution in [0.2, 0.25) is 5.02 Å². The lowest BCUT2D eigenvalue weighted by atomic mass is 10.0. The fraction of sp³-hybridized carbons (Fsp3) is 0.211. The molecule has 11 heteroatoms. The van der Waals surface area contributed by atoms with E-state index >= 15 is 0 Å². The molecule has 0 radical (unpaired) electrons. The maximum atomic E-state index is 11.5. The number of benzene rings is 2. The largest absolute Gasteiger partial charge is 0.495 e. The Morgan fingerprint density at radius 2 is 2.03 bits per heavy atom. The smallest absolute Gasteiger partial charge is 0.312 e. The average Bonchev–Trinajstić information content (AvgIpc) is 2.71. The van der Waals surface area contributed by atoms with Crippen molar-refractivity contribution in [3.63, 3.8) is 0 Å². The van der Waals surface area contributed by atoms with E-state index in [0.717, 1.165) is 5.56 Å². The third-order valence-corrected chi connectivity index (χ3v) is 4.66. The van der Waals surface area contributed by atoms with E-state index in [-0.39, 0.29) is 22.5 Å². The molecule has 0 unspecified atom stereocenters. The highest BCUT2D eigenvalue weighted by atomic mass is 35.5. The van der Waals surface area contributed by atoms with Crippen molar-refractivity contribution >= 4 is 40.0 Å². The van der Waals surface area contributed by atoms with Gasteiger partial charge in [-0.3, -0.25) is 14.9 Å². The van der Waals surface area contributed by atoms with Gasteiger partial charge in [0.05, 0.1) is 41.5 Å². The fourth-order valence-corrected chi connectivity index (χ4v) is 3.34. The second-order valence-electron chi connectivity index (χ2n) is 6.18. The van der Waals surface area contributed by atoms with Crippen molar-refractivity contribution in [3.05, 3.63) is 56.9 Å². The molecule has 2 aromatic carbocycles. The lowest BCUT2D eigenvalue weighted by Crippen LogP contribution is -2.08. The molecule has 30 heavy (non-hydrogen) atoms. The van der Waals surface area contributed by atoms with Gasteiger partial charge in [0, 0.05) is 18.2 Å². The number of halogens is 1. The number of carboxylic acids is 1. The number of nitro benzene ring substituents is 1. The Hall–Kier alpha value is -3.66. The van der Waals surface area contributed by atoms with Gasteiger partial charge in [-0.05, 0) is 17.7 Å². The van der Waals surface area contributed by atoms with Crippen LogP contribution in [0.4, 0.5) is 11.5 Å². The Morgan fingerprint density at radius 3 is 2.63 bits per heavy atom. The number of nitro groups is 1. The third-order valence-electron chi connectivity index (χ3n) is 4.36. The summed E-state index contributed by atoms with van der Waals surface area (Å²) in [5, 5.41) is 24.6. The summed E-state index contributed by atoms with van der Waals surface area (Å²) in [5.74, 6) is -0.462. The first-order chi connectivity index (χ1) is 14.3. The Morgan fingerprint density at radius 1 is 1.27 bits per heavy atom. The van der Waals surface area contributed by atoms with Crippen LogP contribution in [0, 0.1) is 10.1 Å². The van der Waals surface area contributed by atoms with Gasteiger partial charge in [-0.15, -0.1) is 0 Å². The summed E-state index contributed by atoms with van der Waals surface area (Å²) in [6.45, 7) is 0.309. The number of carbonyl (C=O) groups is 1. The van der Waals surface area contributed by atoms with E-state index in [9.17, 15) is 20.0 Å². The van der Waals surface area contributed by atoms with Crippen molar-refractivity contribution in [1.29, 1.82) is 0 Å². The molecule has 0 aliphatic rings. The highest BCUT2D eigenvalue weighted by molar-refractivity contribution is 6.32. The number of hydrogen-bond acceptors (Lipinski definition) is 8. The van der Waals surface area contributed by atoms with E-state index < -0.39 is 17.3 Å². The van der Waals surface area contributed by atoms with E-state index in [1.807, 2.05) is 6.07 Å². The number of nitrogens with zero attached hydrogens (tertiary/aromatic N) is 3. The molecule has 10 nitrogen and oxygen atoms in total. The molecule has 3 aromatic rings. The van der Waals surface area contributed by atoms with E-state index in [0.29, 0.717) is 28.5 Å². The van der Waals surface area contributed by atoms with Crippen molar-refractivity contribution in [2.45, 2.75) is 13.0 Å². The number of methoxy groups -OCH3 is 2. The normalized spacial score (nSPS) is 10.6. The number of aliphatic carboxylic acids is 1. The van der Waals surface area contributed by atoms with Gasteiger partial charge >= 0.3 is 11.7 Å². The topological polar surface area (TPSA) is 137 Å². The van der Waals surface area contributed by atoms with Crippen LogP contribution < -0.4 is 14.8 Å². The summed E-state index contributed by atoms with van der Waals surface area (Å²) >= 11 is 6.14. The Labute approximate surface area is 175 Å². The van der Waals surface area contributed by atoms with Gasteiger partial charge in [-0.1, -0.05) is 17.7 Å². The molecule has 1 heterocycles. The monoisotopic (exact) mass is 432 g/mol. The van der Waals surface area contributed by atoms with Crippen molar-refractivity contribution in [3.8, 4) is 11.5 Å². The standard InChI is InChI=1S/C19H17ClN4O6/c1-29-15-4-3-10(5-13(15)20)8-21-19-12-6-14(24(27)28)18(30-2)11(7-16(25)26)17(12)22-9-23-19/h3-6,9H,7-8H2,1-2H3,(H,25,26)(H,21,22,23). The predicted octanol–water partition coefficient (Wildman–Crippen LogP) is 3.45. The SMILES string of the molecule is COc1ccc(CNc2ncnc3c(CC(=O)O)c(OC)c([N+](=O)[O-])cc23)cc1Cl. The van der Waals surface area contributed by atoms with Crippen molar-refractivity contribution < 1.29 is 24.3 Å². The quantitative estimate of drug-likeness (QED) is 0.405. The van der Waals surface area contributed by atoms with Crippen LogP contribution in [0.25, 0.3) is 10.9 Å². The number of fused-ring (bicyclic) bond motifs is 1. The molecule has 0 aliphatic carbocycles. The number of aromatic nitrogens is 2. The molecule has 0 saturated heterocycles. The van der Waals surface area contributed by atoms with Gasteiger partial charge in [-0.2, -0.15) is 0 Å². The molecular weight excluding hydrogens is 416 g/mol. The first-order valence-corrected chi connectivity index (χ1v) is 9.00. The van der Waals surface area contributed by atoms with Crippen LogP contribution in [-0.4, -0.2) is 40.2 Å². The molecule has 0 atom stereocenters. The molecule has 2 N–H and O–H groups in total. The maximum Gasteiger partial charge on any atom is 0.312 e. The first-order valence-electron chi connectivity index (χ1n) is 8.62. The molecule has 0 fully saturated rings. The predicted molar refractivity (Wildman–Crippen MR) is 109 cm³/mol. The lowest BCUT2D eigenvalue weighted by Gasteiger charge is -2.14. The van der Waals surface area contributed by atoms with E-state index in [1.165, 1.54) is 26.6 Å². The van der Waals surface area contributed by atoms with E-state index in [2.05, 4.69) is 15.3 Å². The second-order valence-corrected chi connectivity index (χ2v) is 6.58. The van der Waals surface area contributed by atoms with Crippen LogP contribution in [0.3, 0.4) is 0 Å². The number of anilines is 1. The molecule has 0 bridgehead atoms. The van der Waals surface area contributed by atoms with Crippen molar-refractivity contribution in [2.24, 2.45) is 0 Å². The van der Waals surface area contributed by atoms with Gasteiger partial charge in [0.2, 0.25) is 5.75 Å². The molecule has 0 spiro atoms. The molecular formula is C19H17ClN4O6. The first kappa shape index (κ1) is 21.1. The summed E-state index contributed by atoms with van der Waals surface area (Å²) in [6, 6.07) is 6.52. The van der Waals surface area contributed by atoms with Gasteiger partial charge in [-0.25, -0.2) is 9.97 Å². The number of ether oxygens (including phenoxy) is 2. The average molecular weight is 433 g/mol. The number of nitrogens with one attached hydrogen (secondary N) is 1. The van der Waals surface area contributed by atoms with Gasteiger partial charge in [0.1, 0.15) is 17.9 Å². The Kier molecular flexibility index (Phi) is 6.17. The van der Waals surface area contributed by atoms with Crippen LogP contribution in [0.1, 0.15) is 11.1 Å². The molecule has 1 aromatic heterocycles. The van der Waals surface area contributed by atoms with Crippen LogP contribution in [0.5, 0.6) is 11.5 Å². The summed E-state index contributed by atoms with van der Waals surface area (Å²) in [4.78, 5) is 30.5. The molecule has 0 aliphatic heterocycles. The fourth-order valence-electron chi connectivity index (χ4n) is 3.06. The number of hydrogen-bond donors (Lipinski definition) is 2. The maximum absolute atomic E-state index is 11.5. The van der Waals surface area contributed by atoms with Gasteiger partial charge < -0.3 is 19.9 Å². The number of carboxylic acid groups (broad SMARTS) is 1. The minimum atomic E-state index is -1.17. The zero-order chi connectivity index (χ0) is 21.8. The minimum Gasteiger partial charge on any atom is -0.495 e. The van der Waals surface area contributed by atoms with Gasteiger partial charge in [0.25, 0.3) is 0 Å². The summed E-state index contributed by atoms with van der Waals surface area (Å²) < 4.78 is 10.3. The molecule has 0 saturated carbocycles.